The number of carboxylic acids is 2. The Morgan fingerprint density at radius 1 is 0.720 bits per heavy atom. The van der Waals surface area contributed by atoms with Gasteiger partial charge in [-0.2, -0.15) is 25.4 Å². The lowest BCUT2D eigenvalue weighted by Gasteiger charge is -2.42. The number of ether oxygens (including phenoxy) is 2. The van der Waals surface area contributed by atoms with Crippen molar-refractivity contribution in [1.29, 1.82) is 0 Å². The van der Waals surface area contributed by atoms with Crippen LogP contribution in [0, 0.1) is 0 Å². The van der Waals surface area contributed by atoms with Gasteiger partial charge < -0.3 is 60.1 Å². The molecule has 6 heterocycles. The SMILES string of the molecule is CC(C)(C)[Si](C)(C)ON1CCCN(C(=O)OC(C(=O)C[C@H]2Cc3cccc(C(=O)O)c3OB2O)c2csc(N)n2)S1(=O)=O.CO.Cl.Nc1nc(C(OC(=O)N2CCCN(O)S2(=O)=O)C(=O)C[C@H]2Cc3cccc(C(=O)O)c3OB2O)cs1. The molecule has 0 radical (unpaired) electrons. The molecule has 0 spiro atoms. The lowest BCUT2D eigenvalue weighted by molar-refractivity contribution is -0.129. The van der Waals surface area contributed by atoms with Crippen molar-refractivity contribution in [2.24, 2.45) is 0 Å². The molecule has 82 heavy (non-hydrogen) atoms. The molecule has 0 aliphatic carbocycles. The summed E-state index contributed by atoms with van der Waals surface area (Å²) in [7, 11) is -13.6. The monoisotopic (exact) mass is 1260 g/mol. The molecule has 0 bridgehead atoms. The van der Waals surface area contributed by atoms with Gasteiger partial charge in [0.1, 0.15) is 22.9 Å². The van der Waals surface area contributed by atoms with E-state index in [9.17, 15) is 71.1 Å². The highest BCUT2D eigenvalue weighted by molar-refractivity contribution is 7.87. The molecule has 4 atom stereocenters. The average Bonchev–Trinajstić information content (AvgIpc) is 4.11. The number of hydroxylamine groups is 2. The van der Waals surface area contributed by atoms with Crippen LogP contribution in [0.4, 0.5) is 19.9 Å². The number of hydrogen-bond acceptors (Lipinski definition) is 25. The number of fused-ring (bicyclic) bond motifs is 2. The van der Waals surface area contributed by atoms with E-state index < -0.39 is 103 Å². The van der Waals surface area contributed by atoms with Gasteiger partial charge >= 0.3 is 58.8 Å². The van der Waals surface area contributed by atoms with Crippen molar-refractivity contribution in [2.75, 3.05) is 44.8 Å². The number of halogens is 1. The Kier molecular flexibility index (Phi) is 22.1. The Hall–Kier alpha value is -6.02. The molecule has 4 aliphatic rings. The van der Waals surface area contributed by atoms with Gasteiger partial charge in [-0.05, 0) is 67.1 Å². The highest BCUT2D eigenvalue weighted by Gasteiger charge is 2.48. The maximum Gasteiger partial charge on any atom is 0.526 e. The Bertz CT molecular complexity index is 3250. The van der Waals surface area contributed by atoms with E-state index in [0.717, 1.165) is 34.3 Å². The van der Waals surface area contributed by atoms with E-state index in [4.69, 9.17) is 39.9 Å². The van der Waals surface area contributed by atoms with Gasteiger partial charge in [-0.15, -0.1) is 35.1 Å². The molecule has 2 aromatic heterocycles. The van der Waals surface area contributed by atoms with Crippen LogP contribution in [0.1, 0.15) is 102 Å². The minimum absolute atomic E-state index is 0. The van der Waals surface area contributed by atoms with Crippen LogP contribution in [0.5, 0.6) is 11.5 Å². The molecule has 8 rings (SSSR count). The molecule has 2 amide bonds. The van der Waals surface area contributed by atoms with Crippen LogP contribution in [0.3, 0.4) is 0 Å². The summed E-state index contributed by atoms with van der Waals surface area (Å²) in [5.41, 5.74) is 12.1. The second kappa shape index (κ2) is 27.1. The smallest absolute Gasteiger partial charge is 0.526 e. The number of nitrogens with zero attached hydrogens (tertiary/aromatic N) is 6. The molecule has 2 fully saturated rings. The highest BCUT2D eigenvalue weighted by atomic mass is 35.5. The van der Waals surface area contributed by atoms with E-state index >= 15 is 0 Å². The number of carbonyl (C=O) groups excluding carboxylic acids is 4. The van der Waals surface area contributed by atoms with Crippen LogP contribution in [-0.4, -0.2) is 166 Å². The van der Waals surface area contributed by atoms with Crippen LogP contribution < -0.4 is 20.8 Å². The number of Topliss-reactive ketones (excluding diaryl/α,β-unsaturated/α-hetero) is 2. The molecule has 29 nitrogen and oxygen atoms in total. The number of thiazole rings is 2. The number of aromatic nitrogens is 2. The largest absolute Gasteiger partial charge is 0.535 e. The average molecular weight is 1260 g/mol. The summed E-state index contributed by atoms with van der Waals surface area (Å²) in [5, 5.41) is 59.2. The summed E-state index contributed by atoms with van der Waals surface area (Å²) < 4.78 is 80.8. The topological polar surface area (TPSA) is 429 Å². The number of aliphatic hydroxyl groups is 1. The number of nitrogen functional groups attached to an aromatic ring is 2. The van der Waals surface area contributed by atoms with E-state index in [1.165, 1.54) is 35.0 Å². The molecule has 2 aromatic carbocycles. The van der Waals surface area contributed by atoms with Crippen molar-refractivity contribution in [1.82, 2.24) is 27.5 Å². The molecular weight excluding hydrogens is 1200 g/mol. The summed E-state index contributed by atoms with van der Waals surface area (Å²) in [6.07, 6.45) is -6.12. The first-order valence-electron chi connectivity index (χ1n) is 24.6. The fourth-order valence-electron chi connectivity index (χ4n) is 8.36. The number of nitrogens with two attached hydrogens (primary N) is 2. The number of para-hydroxylation sites is 2. The third kappa shape index (κ3) is 15.0. The summed E-state index contributed by atoms with van der Waals surface area (Å²) in [5.74, 6) is -5.53. The fourth-order valence-corrected chi connectivity index (χ4v) is 13.7. The summed E-state index contributed by atoms with van der Waals surface area (Å²) in [6, 6.07) is 8.93. The predicted octanol–water partition coefficient (Wildman–Crippen LogP) is 3.95. The fraction of sp³-hybridized carbons (Fsp3) is 0.467. The summed E-state index contributed by atoms with van der Waals surface area (Å²) >= 11 is 1.97. The summed E-state index contributed by atoms with van der Waals surface area (Å²) in [4.78, 5) is 84.0. The van der Waals surface area contributed by atoms with Crippen molar-refractivity contribution in [3.05, 3.63) is 80.8 Å². The van der Waals surface area contributed by atoms with Crippen molar-refractivity contribution >= 4 is 124 Å². The number of hydrogen-bond donors (Lipinski definition) is 8. The molecule has 448 valence electrons. The Labute approximate surface area is 486 Å². The van der Waals surface area contributed by atoms with Crippen LogP contribution in [0.25, 0.3) is 0 Å². The van der Waals surface area contributed by atoms with Crippen molar-refractivity contribution in [3.63, 3.8) is 0 Å². The number of ketones is 2. The lowest BCUT2D eigenvalue weighted by atomic mass is 9.64. The number of carbonyl (C=O) groups is 6. The normalized spacial score (nSPS) is 19.3. The number of anilines is 2. The maximum absolute atomic E-state index is 13.6. The van der Waals surface area contributed by atoms with E-state index in [-0.39, 0.29) is 131 Å². The van der Waals surface area contributed by atoms with Gasteiger partial charge in [0.15, 0.2) is 21.8 Å². The van der Waals surface area contributed by atoms with Gasteiger partial charge in [0, 0.05) is 68.5 Å². The minimum Gasteiger partial charge on any atom is -0.535 e. The molecule has 2 unspecified atom stereocenters. The first-order chi connectivity index (χ1) is 37.9. The Balaban J connectivity index is 0.000000292. The number of benzene rings is 2. The Morgan fingerprint density at radius 3 is 1.50 bits per heavy atom. The quantitative estimate of drug-likeness (QED) is 0.0828. The van der Waals surface area contributed by atoms with Crippen molar-refractivity contribution < 1.29 is 99.5 Å². The second-order valence-corrected chi connectivity index (χ2v) is 30.0. The number of aliphatic hydroxyl groups excluding tert-OH is 1. The molecule has 4 aliphatic heterocycles. The molecule has 4 aromatic rings. The zero-order valence-electron chi connectivity index (χ0n) is 44.8. The van der Waals surface area contributed by atoms with Crippen LogP contribution in [-0.2, 0) is 56.8 Å². The third-order valence-corrected chi connectivity index (χ3v) is 22.6. The first-order valence-corrected chi connectivity index (χ1v) is 32.1. The number of amides is 2. The second-order valence-electron chi connectivity index (χ2n) is 20.0. The Morgan fingerprint density at radius 2 is 1.12 bits per heavy atom. The molecule has 0 saturated carbocycles. The lowest BCUT2D eigenvalue weighted by Crippen LogP contribution is -2.57. The predicted molar refractivity (Wildman–Crippen MR) is 299 cm³/mol. The van der Waals surface area contributed by atoms with Crippen LogP contribution >= 0.6 is 35.1 Å². The number of aromatic carboxylic acids is 2. The van der Waals surface area contributed by atoms with Crippen LogP contribution in [0.2, 0.25) is 29.8 Å². The van der Waals surface area contributed by atoms with Gasteiger partial charge in [-0.25, -0.2) is 29.1 Å². The van der Waals surface area contributed by atoms with Crippen LogP contribution in [0.15, 0.2) is 47.2 Å². The third-order valence-electron chi connectivity index (χ3n) is 13.5. The van der Waals surface area contributed by atoms with Gasteiger partial charge in [-0.1, -0.05) is 54.0 Å². The van der Waals surface area contributed by atoms with Gasteiger partial charge in [0.05, 0.1) is 11.1 Å². The molecule has 10 N–H and O–H groups in total. The van der Waals surface area contributed by atoms with Gasteiger partial charge in [-0.3, -0.25) is 14.8 Å². The first kappa shape index (κ1) is 66.8. The van der Waals surface area contributed by atoms with E-state index in [1.807, 2.05) is 33.9 Å². The maximum atomic E-state index is 13.6. The minimum atomic E-state index is -4.54. The van der Waals surface area contributed by atoms with E-state index in [2.05, 4.69) is 9.97 Å². The zero-order valence-corrected chi connectivity index (χ0v) is 49.9. The van der Waals surface area contributed by atoms with E-state index in [0.29, 0.717) is 19.7 Å². The van der Waals surface area contributed by atoms with Gasteiger partial charge in [0.25, 0.3) is 0 Å². The van der Waals surface area contributed by atoms with Crippen molar-refractivity contribution in [3.8, 4) is 11.5 Å². The van der Waals surface area contributed by atoms with Gasteiger partial charge in [0.2, 0.25) is 20.5 Å². The van der Waals surface area contributed by atoms with E-state index in [1.54, 1.807) is 12.1 Å². The standard InChI is InChI=1S/C25H35BN4O10S2Si.C19H21BN4O10S2.CH4O.ClH/c1-25(2,3)43(4,5)40-30-11-7-10-29(42(30,36)37)24(34)38-21(18-14-41-23(27)28-18)19(31)13-16-12-15-8-6-9-17(22(32)33)20(15)39-26(16)35;21-18-22-13(9-35-18)16(33-19(28)23-5-2-6-24(30)36(23,31)32)14(25)8-11-7-10-3-1-4-12(17(26)27)15(10)34-20(11)29;1-2;/h6,8-9,14,16,21,35H,7,10-13H2,1-5H3,(H2,27,28)(H,32,33);1,3-4,9,11,16,29-30H,2,5-8H2,(H2,21,22)(H,26,27);2H,1H3;1H/t16-,21?;11-,16?;;/m11../s1. The molecule has 2 saturated heterocycles. The summed E-state index contributed by atoms with van der Waals surface area (Å²) in [6.45, 7) is 9.01. The van der Waals surface area contributed by atoms with Crippen molar-refractivity contribution in [2.45, 2.75) is 101 Å². The molecular formula is C45H61B2ClN8O21S4Si. The zero-order chi connectivity index (χ0) is 60.1. The molecule has 37 heteroatoms. The number of carboxylic acid groups (broad SMARTS) is 2. The highest BCUT2D eigenvalue weighted by Crippen LogP contribution is 2.41. The number of rotatable bonds is 14.